The van der Waals surface area contributed by atoms with Crippen LogP contribution in [0.4, 0.5) is 16.2 Å². The number of carbonyl (C=O) groups is 2. The Morgan fingerprint density at radius 2 is 1.95 bits per heavy atom. The van der Waals surface area contributed by atoms with Crippen molar-refractivity contribution in [1.29, 1.82) is 0 Å². The summed E-state index contributed by atoms with van der Waals surface area (Å²) < 4.78 is 0. The van der Waals surface area contributed by atoms with Gasteiger partial charge in [0.2, 0.25) is 0 Å². The predicted molar refractivity (Wildman–Crippen MR) is 72.0 cm³/mol. The maximum absolute atomic E-state index is 11.7. The molecule has 1 heterocycles. The minimum absolute atomic E-state index is 0.109. The highest BCUT2D eigenvalue weighted by Gasteiger charge is 2.13. The number of carboxylic acids is 1. The first-order valence-electron chi connectivity index (χ1n) is 5.23. The van der Waals surface area contributed by atoms with Crippen LogP contribution in [0.3, 0.4) is 0 Å². The molecule has 7 heteroatoms. The van der Waals surface area contributed by atoms with Crippen molar-refractivity contribution in [2.75, 3.05) is 10.6 Å². The van der Waals surface area contributed by atoms with Crippen molar-refractivity contribution in [3.05, 3.63) is 40.6 Å². The Bertz CT molecular complexity index is 610. The van der Waals surface area contributed by atoms with Crippen LogP contribution in [0.2, 0.25) is 0 Å². The van der Waals surface area contributed by atoms with E-state index in [1.165, 1.54) is 23.5 Å². The molecule has 1 aromatic heterocycles. The summed E-state index contributed by atoms with van der Waals surface area (Å²) in [5, 5.41) is 26.7. The van der Waals surface area contributed by atoms with E-state index in [0.717, 1.165) is 6.07 Å². The quantitative estimate of drug-likeness (QED) is 0.649. The first kappa shape index (κ1) is 12.9. The second-order valence-corrected chi connectivity index (χ2v) is 4.41. The van der Waals surface area contributed by atoms with Crippen LogP contribution in [-0.2, 0) is 0 Å². The fraction of sp³-hybridized carbons (Fsp3) is 0. The molecular weight excluding hydrogens is 268 g/mol. The Balaban J connectivity index is 2.14. The van der Waals surface area contributed by atoms with Crippen molar-refractivity contribution < 1.29 is 19.8 Å². The molecule has 2 rings (SSSR count). The van der Waals surface area contributed by atoms with Gasteiger partial charge in [0.15, 0.2) is 0 Å². The van der Waals surface area contributed by atoms with Gasteiger partial charge in [0, 0.05) is 5.38 Å². The minimum atomic E-state index is -1.23. The van der Waals surface area contributed by atoms with Crippen LogP contribution in [0.1, 0.15) is 10.4 Å². The SMILES string of the molecule is O=C(Nc1ccsc1)Nc1ccc(O)cc1C(=O)O. The lowest BCUT2D eigenvalue weighted by Crippen LogP contribution is -2.20. The molecule has 0 aliphatic carbocycles. The van der Waals surface area contributed by atoms with Gasteiger partial charge in [-0.1, -0.05) is 0 Å². The van der Waals surface area contributed by atoms with Crippen LogP contribution in [-0.4, -0.2) is 22.2 Å². The number of hydrogen-bond donors (Lipinski definition) is 4. The average Bonchev–Trinajstić information content (AvgIpc) is 2.83. The number of phenols is 1. The Hall–Kier alpha value is -2.54. The molecule has 0 aliphatic rings. The number of amides is 2. The van der Waals surface area contributed by atoms with E-state index in [-0.39, 0.29) is 17.0 Å². The Kier molecular flexibility index (Phi) is 3.67. The molecule has 0 saturated heterocycles. The molecule has 6 nitrogen and oxygen atoms in total. The number of nitrogens with one attached hydrogen (secondary N) is 2. The van der Waals surface area contributed by atoms with Gasteiger partial charge in [-0.05, 0) is 29.6 Å². The second kappa shape index (κ2) is 5.40. The van der Waals surface area contributed by atoms with Gasteiger partial charge in [-0.2, -0.15) is 11.3 Å². The van der Waals surface area contributed by atoms with Crippen molar-refractivity contribution >= 4 is 34.7 Å². The van der Waals surface area contributed by atoms with E-state index in [0.29, 0.717) is 5.69 Å². The topological polar surface area (TPSA) is 98.7 Å². The number of anilines is 2. The Morgan fingerprint density at radius 1 is 1.16 bits per heavy atom. The Labute approximate surface area is 112 Å². The zero-order valence-corrected chi connectivity index (χ0v) is 10.4. The van der Waals surface area contributed by atoms with Gasteiger partial charge in [-0.25, -0.2) is 9.59 Å². The van der Waals surface area contributed by atoms with E-state index in [4.69, 9.17) is 5.11 Å². The summed E-state index contributed by atoms with van der Waals surface area (Å²) in [6.07, 6.45) is 0. The number of hydrogen-bond acceptors (Lipinski definition) is 4. The highest BCUT2D eigenvalue weighted by molar-refractivity contribution is 7.08. The lowest BCUT2D eigenvalue weighted by molar-refractivity contribution is 0.0697. The van der Waals surface area contributed by atoms with Crippen LogP contribution in [0.15, 0.2) is 35.0 Å². The van der Waals surface area contributed by atoms with Gasteiger partial charge < -0.3 is 20.8 Å². The highest BCUT2D eigenvalue weighted by atomic mass is 32.1. The molecule has 0 aliphatic heterocycles. The number of rotatable bonds is 3. The molecule has 0 unspecified atom stereocenters. The molecule has 0 fully saturated rings. The van der Waals surface area contributed by atoms with E-state index in [1.807, 2.05) is 0 Å². The van der Waals surface area contributed by atoms with Crippen molar-refractivity contribution in [2.45, 2.75) is 0 Å². The highest BCUT2D eigenvalue weighted by Crippen LogP contribution is 2.21. The fourth-order valence-corrected chi connectivity index (χ4v) is 2.03. The summed E-state index contributed by atoms with van der Waals surface area (Å²) in [5.41, 5.74) is 0.552. The number of aromatic hydroxyl groups is 1. The number of phenolic OH excluding ortho intramolecular Hbond substituents is 1. The number of aromatic carboxylic acids is 1. The summed E-state index contributed by atoms with van der Waals surface area (Å²) in [6, 6.07) is 4.87. The maximum atomic E-state index is 11.7. The van der Waals surface area contributed by atoms with Crippen molar-refractivity contribution in [3.8, 4) is 5.75 Å². The smallest absolute Gasteiger partial charge is 0.337 e. The summed E-state index contributed by atoms with van der Waals surface area (Å²) in [6.45, 7) is 0. The molecule has 2 amide bonds. The number of carbonyl (C=O) groups excluding carboxylic acids is 1. The van der Waals surface area contributed by atoms with Gasteiger partial charge in [0.1, 0.15) is 5.75 Å². The molecule has 0 radical (unpaired) electrons. The number of benzene rings is 1. The molecule has 0 spiro atoms. The normalized spacial score (nSPS) is 9.89. The second-order valence-electron chi connectivity index (χ2n) is 3.63. The summed E-state index contributed by atoms with van der Waals surface area (Å²) in [5.74, 6) is -1.41. The number of thiophene rings is 1. The third-order valence-corrected chi connectivity index (χ3v) is 2.94. The average molecular weight is 278 g/mol. The van der Waals surface area contributed by atoms with Gasteiger partial charge in [-0.3, -0.25) is 0 Å². The monoisotopic (exact) mass is 278 g/mol. The van der Waals surface area contributed by atoms with Crippen LogP contribution in [0.5, 0.6) is 5.75 Å². The van der Waals surface area contributed by atoms with E-state index < -0.39 is 12.0 Å². The van der Waals surface area contributed by atoms with Gasteiger partial charge in [0.25, 0.3) is 0 Å². The summed E-state index contributed by atoms with van der Waals surface area (Å²) >= 11 is 1.43. The van der Waals surface area contributed by atoms with Crippen molar-refractivity contribution in [1.82, 2.24) is 0 Å². The predicted octanol–water partition coefficient (Wildman–Crippen LogP) is 2.80. The lowest BCUT2D eigenvalue weighted by atomic mass is 10.1. The lowest BCUT2D eigenvalue weighted by Gasteiger charge is -2.09. The van der Waals surface area contributed by atoms with E-state index in [2.05, 4.69) is 10.6 Å². The molecule has 0 atom stereocenters. The molecule has 0 saturated carbocycles. The summed E-state index contributed by atoms with van der Waals surface area (Å²) in [4.78, 5) is 22.7. The van der Waals surface area contributed by atoms with Gasteiger partial charge >= 0.3 is 12.0 Å². The Morgan fingerprint density at radius 3 is 2.58 bits per heavy atom. The third kappa shape index (κ3) is 3.23. The zero-order valence-electron chi connectivity index (χ0n) is 9.58. The molecule has 4 N–H and O–H groups in total. The molecule has 2 aromatic rings. The minimum Gasteiger partial charge on any atom is -0.508 e. The van der Waals surface area contributed by atoms with E-state index in [9.17, 15) is 14.7 Å². The van der Waals surface area contributed by atoms with Crippen LogP contribution >= 0.6 is 11.3 Å². The maximum Gasteiger partial charge on any atom is 0.337 e. The van der Waals surface area contributed by atoms with Crippen LogP contribution < -0.4 is 10.6 Å². The standard InChI is InChI=1S/C12H10N2O4S/c15-8-1-2-10(9(5-8)11(16)17)14-12(18)13-7-3-4-19-6-7/h1-6,15H,(H,16,17)(H2,13,14,18). The fourth-order valence-electron chi connectivity index (χ4n) is 1.44. The van der Waals surface area contributed by atoms with Gasteiger partial charge in [-0.15, -0.1) is 0 Å². The third-order valence-electron chi connectivity index (χ3n) is 2.26. The summed E-state index contributed by atoms with van der Waals surface area (Å²) in [7, 11) is 0. The van der Waals surface area contributed by atoms with Crippen molar-refractivity contribution in [2.24, 2.45) is 0 Å². The van der Waals surface area contributed by atoms with Gasteiger partial charge in [0.05, 0.1) is 16.9 Å². The largest absolute Gasteiger partial charge is 0.508 e. The van der Waals surface area contributed by atoms with Crippen LogP contribution in [0.25, 0.3) is 0 Å². The first-order chi connectivity index (χ1) is 9.06. The zero-order chi connectivity index (χ0) is 13.8. The number of urea groups is 1. The van der Waals surface area contributed by atoms with E-state index in [1.54, 1.807) is 16.8 Å². The molecule has 0 bridgehead atoms. The molecular formula is C12H10N2O4S. The van der Waals surface area contributed by atoms with Crippen molar-refractivity contribution in [3.63, 3.8) is 0 Å². The number of carboxylic acid groups (broad SMARTS) is 1. The first-order valence-corrected chi connectivity index (χ1v) is 6.17. The molecule has 19 heavy (non-hydrogen) atoms. The molecule has 1 aromatic carbocycles. The van der Waals surface area contributed by atoms with E-state index >= 15 is 0 Å². The molecule has 98 valence electrons. The van der Waals surface area contributed by atoms with Crippen LogP contribution in [0, 0.1) is 0 Å².